The summed E-state index contributed by atoms with van der Waals surface area (Å²) >= 11 is 0. The molecule has 0 aliphatic carbocycles. The number of hydrogen-bond donors (Lipinski definition) is 1. The summed E-state index contributed by atoms with van der Waals surface area (Å²) in [5, 5.41) is 8.31. The lowest BCUT2D eigenvalue weighted by molar-refractivity contribution is -0.132. The molecule has 204 valence electrons. The van der Waals surface area contributed by atoms with Crippen molar-refractivity contribution in [3.05, 3.63) is 71.4 Å². The van der Waals surface area contributed by atoms with Crippen LogP contribution in [0.25, 0.3) is 11.3 Å². The minimum atomic E-state index is -0.619. The number of carbonyl (C=O) groups excluding carboxylic acids is 2. The number of benzene rings is 2. The van der Waals surface area contributed by atoms with Crippen LogP contribution in [0.1, 0.15) is 36.1 Å². The standard InChI is InChI=1S/C30H35N5O4/c1-21-27-28(32-35(21)19-26(36)33(2)23-12-15-31-18-23)24-10-6-7-11-25(24)39-30(27)13-16-34(17-14-30)29(37)38-20-22-8-4-3-5-9-22/h3-11,23,31H,12-20H2,1-2H3/t23-/m1/s1. The topological polar surface area (TPSA) is 88.9 Å². The van der Waals surface area contributed by atoms with Gasteiger partial charge >= 0.3 is 6.09 Å². The molecule has 2 saturated heterocycles. The number of para-hydroxylation sites is 1. The molecule has 0 unspecified atom stereocenters. The lowest BCUT2D eigenvalue weighted by Gasteiger charge is -2.44. The molecule has 1 aromatic heterocycles. The number of ether oxygens (including phenoxy) is 2. The summed E-state index contributed by atoms with van der Waals surface area (Å²) < 4.78 is 14.2. The molecule has 0 saturated carbocycles. The summed E-state index contributed by atoms with van der Waals surface area (Å²) in [5.74, 6) is 0.834. The summed E-state index contributed by atoms with van der Waals surface area (Å²) in [6.45, 7) is 5.24. The van der Waals surface area contributed by atoms with Gasteiger partial charge in [0.05, 0.1) is 0 Å². The zero-order chi connectivity index (χ0) is 27.0. The molecule has 0 bridgehead atoms. The number of hydrogen-bond acceptors (Lipinski definition) is 6. The summed E-state index contributed by atoms with van der Waals surface area (Å²) in [6, 6.07) is 17.9. The van der Waals surface area contributed by atoms with Crippen LogP contribution in [0.15, 0.2) is 54.6 Å². The predicted octanol–water partition coefficient (Wildman–Crippen LogP) is 3.70. The number of aromatic nitrogens is 2. The Bertz CT molecular complexity index is 1360. The van der Waals surface area contributed by atoms with Gasteiger partial charge in [0.15, 0.2) is 0 Å². The predicted molar refractivity (Wildman–Crippen MR) is 146 cm³/mol. The van der Waals surface area contributed by atoms with Crippen molar-refractivity contribution < 1.29 is 19.1 Å². The molecule has 3 aliphatic heterocycles. The van der Waals surface area contributed by atoms with Crippen LogP contribution in [0.5, 0.6) is 5.75 Å². The van der Waals surface area contributed by atoms with Crippen LogP contribution in [0.4, 0.5) is 4.79 Å². The Morgan fingerprint density at radius 1 is 1.13 bits per heavy atom. The number of rotatable bonds is 5. The molecule has 3 aromatic rings. The summed E-state index contributed by atoms with van der Waals surface area (Å²) in [7, 11) is 1.88. The van der Waals surface area contributed by atoms with Crippen molar-refractivity contribution >= 4 is 12.0 Å². The molecule has 9 nitrogen and oxygen atoms in total. The molecule has 9 heteroatoms. The molecular formula is C30H35N5O4. The SMILES string of the molecule is Cc1c2c(nn1CC(=O)N(C)[C@@H]1CCNC1)-c1ccccc1OC21CCN(C(=O)OCc2ccccc2)CC1. The molecule has 4 heterocycles. The first kappa shape index (κ1) is 25.4. The monoisotopic (exact) mass is 529 g/mol. The molecule has 2 fully saturated rings. The van der Waals surface area contributed by atoms with E-state index in [-0.39, 0.29) is 31.2 Å². The van der Waals surface area contributed by atoms with Crippen LogP contribution >= 0.6 is 0 Å². The van der Waals surface area contributed by atoms with Crippen LogP contribution in [0.3, 0.4) is 0 Å². The maximum absolute atomic E-state index is 13.2. The third-order valence-electron chi connectivity index (χ3n) is 8.40. The Hall–Kier alpha value is -3.85. The Morgan fingerprint density at radius 2 is 1.87 bits per heavy atom. The smallest absolute Gasteiger partial charge is 0.410 e. The summed E-state index contributed by atoms with van der Waals surface area (Å²) in [4.78, 5) is 29.7. The Morgan fingerprint density at radius 3 is 2.62 bits per heavy atom. The number of nitrogens with one attached hydrogen (secondary N) is 1. The maximum atomic E-state index is 13.2. The maximum Gasteiger partial charge on any atom is 0.410 e. The highest BCUT2D eigenvalue weighted by Crippen LogP contribution is 2.50. The first-order chi connectivity index (χ1) is 18.9. The zero-order valence-corrected chi connectivity index (χ0v) is 22.6. The third-order valence-corrected chi connectivity index (χ3v) is 8.40. The van der Waals surface area contributed by atoms with Crippen LogP contribution in [-0.4, -0.2) is 70.8 Å². The number of likely N-dealkylation sites (N-methyl/N-ethyl adjacent to an activating group) is 1. The first-order valence-electron chi connectivity index (χ1n) is 13.7. The van der Waals surface area contributed by atoms with Gasteiger partial charge in [-0.15, -0.1) is 0 Å². The Kier molecular flexibility index (Phi) is 6.76. The van der Waals surface area contributed by atoms with Crippen LogP contribution in [0.2, 0.25) is 0 Å². The first-order valence-corrected chi connectivity index (χ1v) is 13.7. The van der Waals surface area contributed by atoms with E-state index in [0.29, 0.717) is 25.9 Å². The van der Waals surface area contributed by atoms with E-state index in [1.54, 1.807) is 4.90 Å². The largest absolute Gasteiger partial charge is 0.482 e. The molecule has 1 N–H and O–H groups in total. The highest BCUT2D eigenvalue weighted by Gasteiger charge is 2.47. The number of nitrogens with zero attached hydrogens (tertiary/aromatic N) is 4. The van der Waals surface area contributed by atoms with E-state index in [1.807, 2.05) is 78.2 Å². The molecule has 39 heavy (non-hydrogen) atoms. The molecule has 0 radical (unpaired) electrons. The van der Waals surface area contributed by atoms with Gasteiger partial charge in [-0.3, -0.25) is 9.48 Å². The molecule has 2 aromatic carbocycles. The third kappa shape index (κ3) is 4.76. The normalized spacial score (nSPS) is 19.2. The minimum absolute atomic E-state index is 0.0471. The summed E-state index contributed by atoms with van der Waals surface area (Å²) in [6.07, 6.45) is 1.88. The van der Waals surface area contributed by atoms with Crippen molar-refractivity contribution in [1.82, 2.24) is 24.9 Å². The van der Waals surface area contributed by atoms with Gasteiger partial charge in [0, 0.05) is 62.4 Å². The van der Waals surface area contributed by atoms with Crippen molar-refractivity contribution in [2.75, 3.05) is 33.2 Å². The lowest BCUT2D eigenvalue weighted by atomic mass is 9.79. The van der Waals surface area contributed by atoms with Crippen molar-refractivity contribution in [2.24, 2.45) is 0 Å². The number of likely N-dealkylation sites (tertiary alicyclic amines) is 1. The second-order valence-corrected chi connectivity index (χ2v) is 10.7. The van der Waals surface area contributed by atoms with Crippen LogP contribution < -0.4 is 10.1 Å². The number of fused-ring (bicyclic) bond motifs is 4. The number of amides is 2. The second-order valence-electron chi connectivity index (χ2n) is 10.7. The van der Waals surface area contributed by atoms with E-state index in [4.69, 9.17) is 14.6 Å². The molecule has 1 spiro atoms. The van der Waals surface area contributed by atoms with Crippen molar-refractivity contribution in [1.29, 1.82) is 0 Å². The average Bonchev–Trinajstić information content (AvgIpc) is 3.62. The molecule has 2 amide bonds. The van der Waals surface area contributed by atoms with Gasteiger partial charge in [0.2, 0.25) is 5.91 Å². The van der Waals surface area contributed by atoms with E-state index in [1.165, 1.54) is 0 Å². The van der Waals surface area contributed by atoms with Gasteiger partial charge in [0.1, 0.15) is 30.2 Å². The Balaban J connectivity index is 1.22. The second kappa shape index (κ2) is 10.4. The molecule has 3 aliphatic rings. The van der Waals surface area contributed by atoms with Crippen LogP contribution in [0, 0.1) is 6.92 Å². The van der Waals surface area contributed by atoms with Gasteiger partial charge in [-0.05, 0) is 37.6 Å². The lowest BCUT2D eigenvalue weighted by Crippen LogP contribution is -2.49. The van der Waals surface area contributed by atoms with E-state index in [9.17, 15) is 9.59 Å². The molecular weight excluding hydrogens is 494 g/mol. The number of piperidine rings is 1. The van der Waals surface area contributed by atoms with E-state index in [2.05, 4.69) is 5.32 Å². The van der Waals surface area contributed by atoms with E-state index >= 15 is 0 Å². The van der Waals surface area contributed by atoms with Crippen molar-refractivity contribution in [2.45, 2.75) is 51.0 Å². The van der Waals surface area contributed by atoms with Crippen molar-refractivity contribution in [3.8, 4) is 17.0 Å². The van der Waals surface area contributed by atoms with E-state index < -0.39 is 5.60 Å². The van der Waals surface area contributed by atoms with Crippen molar-refractivity contribution in [3.63, 3.8) is 0 Å². The quantitative estimate of drug-likeness (QED) is 0.542. The highest BCUT2D eigenvalue weighted by molar-refractivity contribution is 5.78. The van der Waals surface area contributed by atoms with Gasteiger partial charge in [-0.25, -0.2) is 4.79 Å². The van der Waals surface area contributed by atoms with Gasteiger partial charge < -0.3 is 24.6 Å². The fraction of sp³-hybridized carbons (Fsp3) is 0.433. The Labute approximate surface area is 228 Å². The zero-order valence-electron chi connectivity index (χ0n) is 22.6. The fourth-order valence-electron chi connectivity index (χ4n) is 6.07. The highest BCUT2D eigenvalue weighted by atomic mass is 16.6. The fourth-order valence-corrected chi connectivity index (χ4v) is 6.07. The van der Waals surface area contributed by atoms with Gasteiger partial charge in [-0.2, -0.15) is 5.10 Å². The van der Waals surface area contributed by atoms with Crippen LogP contribution in [-0.2, 0) is 28.3 Å². The molecule has 6 rings (SSSR count). The van der Waals surface area contributed by atoms with E-state index in [0.717, 1.165) is 53.3 Å². The van der Waals surface area contributed by atoms with Gasteiger partial charge in [0.25, 0.3) is 0 Å². The minimum Gasteiger partial charge on any atom is -0.482 e. The molecule has 1 atom stereocenters. The average molecular weight is 530 g/mol. The number of carbonyl (C=O) groups is 2. The van der Waals surface area contributed by atoms with Gasteiger partial charge in [-0.1, -0.05) is 42.5 Å². The summed E-state index contributed by atoms with van der Waals surface area (Å²) in [5.41, 5.74) is 4.11.